The minimum Gasteiger partial charge on any atom is -0.444 e. The van der Waals surface area contributed by atoms with E-state index in [1.165, 1.54) is 15.8 Å². The Balaban J connectivity index is 1.20. The van der Waals surface area contributed by atoms with E-state index in [0.717, 1.165) is 36.6 Å². The molecule has 2 aliphatic heterocycles. The summed E-state index contributed by atoms with van der Waals surface area (Å²) in [7, 11) is 2.17. The standard InChI is InChI=1S/C26H31N3O3S/c1-27-14-16-28(17-15-27)23-8-5-9-24-22(23)18-21(33-24)19-32-25(30)29-12-10-26(31,11-13-29)20-6-3-2-4-7-20/h2-9,18,31H,10-17,19H2,1H3. The molecule has 3 heterocycles. The molecule has 7 heteroatoms. The first kappa shape index (κ1) is 22.2. The summed E-state index contributed by atoms with van der Waals surface area (Å²) in [5, 5.41) is 12.2. The average Bonchev–Trinajstić information content (AvgIpc) is 3.27. The van der Waals surface area contributed by atoms with Gasteiger partial charge >= 0.3 is 6.09 Å². The second kappa shape index (κ2) is 9.33. The topological polar surface area (TPSA) is 56.2 Å². The second-order valence-electron chi connectivity index (χ2n) is 9.13. The van der Waals surface area contributed by atoms with E-state index in [1.54, 1.807) is 16.2 Å². The Morgan fingerprint density at radius 3 is 2.45 bits per heavy atom. The van der Waals surface area contributed by atoms with Crippen molar-refractivity contribution in [2.45, 2.75) is 25.0 Å². The van der Waals surface area contributed by atoms with Crippen LogP contribution in [-0.4, -0.2) is 67.3 Å². The first-order chi connectivity index (χ1) is 16.0. The van der Waals surface area contributed by atoms with E-state index in [0.29, 0.717) is 25.9 Å². The largest absolute Gasteiger partial charge is 0.444 e. The molecule has 0 radical (unpaired) electrons. The highest BCUT2D eigenvalue weighted by Gasteiger charge is 2.35. The van der Waals surface area contributed by atoms with Crippen LogP contribution in [0.4, 0.5) is 10.5 Å². The maximum absolute atomic E-state index is 12.7. The third-order valence-electron chi connectivity index (χ3n) is 6.93. The predicted molar refractivity (Wildman–Crippen MR) is 133 cm³/mol. The predicted octanol–water partition coefficient (Wildman–Crippen LogP) is 4.27. The van der Waals surface area contributed by atoms with Gasteiger partial charge in [-0.15, -0.1) is 11.3 Å². The molecule has 1 aromatic heterocycles. The van der Waals surface area contributed by atoms with Crippen molar-refractivity contribution < 1.29 is 14.6 Å². The second-order valence-corrected chi connectivity index (χ2v) is 10.3. The van der Waals surface area contributed by atoms with E-state index >= 15 is 0 Å². The van der Waals surface area contributed by atoms with Gasteiger partial charge in [-0.25, -0.2) is 4.79 Å². The Morgan fingerprint density at radius 1 is 1.00 bits per heavy atom. The molecule has 0 saturated carbocycles. The van der Waals surface area contributed by atoms with Crippen LogP contribution < -0.4 is 4.90 Å². The Kier molecular flexibility index (Phi) is 6.27. The number of piperidine rings is 1. The Morgan fingerprint density at radius 2 is 1.73 bits per heavy atom. The fourth-order valence-corrected chi connectivity index (χ4v) is 5.81. The molecule has 2 aromatic carbocycles. The van der Waals surface area contributed by atoms with E-state index in [4.69, 9.17) is 4.74 Å². The lowest BCUT2D eigenvalue weighted by molar-refractivity contribution is -0.0254. The lowest BCUT2D eigenvalue weighted by Gasteiger charge is -2.38. The number of nitrogens with zero attached hydrogens (tertiary/aromatic N) is 3. The monoisotopic (exact) mass is 465 g/mol. The van der Waals surface area contributed by atoms with Gasteiger partial charge in [0.05, 0.1) is 5.60 Å². The van der Waals surface area contributed by atoms with Crippen molar-refractivity contribution in [2.75, 3.05) is 51.2 Å². The molecule has 33 heavy (non-hydrogen) atoms. The lowest BCUT2D eigenvalue weighted by atomic mass is 9.84. The molecule has 5 rings (SSSR count). The van der Waals surface area contributed by atoms with Crippen LogP contribution in [0.25, 0.3) is 10.1 Å². The fourth-order valence-electron chi connectivity index (χ4n) is 4.81. The summed E-state index contributed by atoms with van der Waals surface area (Å²) in [6.45, 7) is 5.45. The van der Waals surface area contributed by atoms with Gasteiger partial charge in [-0.05, 0) is 43.7 Å². The fraction of sp³-hybridized carbons (Fsp3) is 0.423. The smallest absolute Gasteiger partial charge is 0.410 e. The highest BCUT2D eigenvalue weighted by Crippen LogP contribution is 2.35. The number of thiophene rings is 1. The molecule has 2 aliphatic rings. The molecular formula is C26H31N3O3S. The number of anilines is 1. The van der Waals surface area contributed by atoms with Crippen molar-refractivity contribution in [2.24, 2.45) is 0 Å². The number of likely N-dealkylation sites (N-methyl/N-ethyl adjacent to an activating group) is 1. The van der Waals surface area contributed by atoms with Crippen molar-refractivity contribution in [1.29, 1.82) is 0 Å². The minimum atomic E-state index is -0.872. The van der Waals surface area contributed by atoms with Gasteiger partial charge in [-0.1, -0.05) is 36.4 Å². The van der Waals surface area contributed by atoms with Crippen LogP contribution in [0, 0.1) is 0 Å². The first-order valence-electron chi connectivity index (χ1n) is 11.7. The number of piperazine rings is 1. The Labute approximate surface area is 199 Å². The van der Waals surface area contributed by atoms with E-state index in [-0.39, 0.29) is 12.7 Å². The number of ether oxygens (including phenoxy) is 1. The molecule has 6 nitrogen and oxygen atoms in total. The average molecular weight is 466 g/mol. The number of likely N-dealkylation sites (tertiary alicyclic amines) is 1. The molecule has 0 spiro atoms. The number of benzene rings is 2. The van der Waals surface area contributed by atoms with Crippen molar-refractivity contribution in [1.82, 2.24) is 9.80 Å². The van der Waals surface area contributed by atoms with E-state index < -0.39 is 5.60 Å². The Bertz CT molecular complexity index is 1100. The van der Waals surface area contributed by atoms with Gasteiger partial charge in [-0.2, -0.15) is 0 Å². The van der Waals surface area contributed by atoms with Crippen molar-refractivity contribution >= 4 is 33.2 Å². The van der Waals surface area contributed by atoms with Gasteiger partial charge in [-0.3, -0.25) is 0 Å². The number of fused-ring (bicyclic) bond motifs is 1. The molecule has 1 N–H and O–H groups in total. The number of carbonyl (C=O) groups excluding carboxylic acids is 1. The third-order valence-corrected chi connectivity index (χ3v) is 8.01. The normalized spacial score (nSPS) is 19.1. The van der Waals surface area contributed by atoms with Crippen LogP contribution >= 0.6 is 11.3 Å². The van der Waals surface area contributed by atoms with Crippen LogP contribution in [0.1, 0.15) is 23.3 Å². The third kappa shape index (κ3) is 4.71. The summed E-state index contributed by atoms with van der Waals surface area (Å²) >= 11 is 1.69. The van der Waals surface area contributed by atoms with E-state index in [2.05, 4.69) is 41.1 Å². The van der Waals surface area contributed by atoms with Gasteiger partial charge < -0.3 is 24.5 Å². The number of carbonyl (C=O) groups is 1. The first-order valence-corrected chi connectivity index (χ1v) is 12.5. The molecule has 1 amide bonds. The summed E-state index contributed by atoms with van der Waals surface area (Å²) in [5.74, 6) is 0. The molecule has 3 aromatic rings. The summed E-state index contributed by atoms with van der Waals surface area (Å²) in [5.41, 5.74) is 1.31. The summed E-state index contributed by atoms with van der Waals surface area (Å²) in [6, 6.07) is 18.3. The number of aliphatic hydroxyl groups is 1. The number of hydrogen-bond donors (Lipinski definition) is 1. The molecule has 0 unspecified atom stereocenters. The number of hydrogen-bond acceptors (Lipinski definition) is 6. The van der Waals surface area contributed by atoms with Crippen molar-refractivity contribution in [3.63, 3.8) is 0 Å². The molecule has 2 fully saturated rings. The minimum absolute atomic E-state index is 0.278. The molecule has 0 bridgehead atoms. The van der Waals surface area contributed by atoms with E-state index in [1.807, 2.05) is 30.3 Å². The maximum Gasteiger partial charge on any atom is 0.410 e. The van der Waals surface area contributed by atoms with E-state index in [9.17, 15) is 9.90 Å². The molecule has 2 saturated heterocycles. The van der Waals surface area contributed by atoms with Crippen LogP contribution in [-0.2, 0) is 16.9 Å². The van der Waals surface area contributed by atoms with Gasteiger partial charge in [0.25, 0.3) is 0 Å². The summed E-state index contributed by atoms with van der Waals surface area (Å²) in [6.07, 6.45) is 0.731. The number of amides is 1. The van der Waals surface area contributed by atoms with Gasteiger partial charge in [0.2, 0.25) is 0 Å². The van der Waals surface area contributed by atoms with Gasteiger partial charge in [0.15, 0.2) is 0 Å². The summed E-state index contributed by atoms with van der Waals surface area (Å²) in [4.78, 5) is 20.3. The maximum atomic E-state index is 12.7. The zero-order valence-corrected chi connectivity index (χ0v) is 19.9. The molecule has 174 valence electrons. The van der Waals surface area contributed by atoms with Gasteiger partial charge in [0, 0.05) is 59.9 Å². The molecule has 0 atom stereocenters. The Hall–Kier alpha value is -2.61. The molecular weight excluding hydrogens is 434 g/mol. The molecule has 0 aliphatic carbocycles. The lowest BCUT2D eigenvalue weighted by Crippen LogP contribution is -2.45. The van der Waals surface area contributed by atoms with Crippen LogP contribution in [0.3, 0.4) is 0 Å². The SMILES string of the molecule is CN1CCN(c2cccc3sc(COC(=O)N4CCC(O)(c5ccccc5)CC4)cc23)CC1. The van der Waals surface area contributed by atoms with Gasteiger partial charge in [0.1, 0.15) is 6.61 Å². The summed E-state index contributed by atoms with van der Waals surface area (Å²) < 4.78 is 6.89. The van der Waals surface area contributed by atoms with Crippen LogP contribution in [0.2, 0.25) is 0 Å². The zero-order chi connectivity index (χ0) is 22.8. The van der Waals surface area contributed by atoms with Crippen LogP contribution in [0.5, 0.6) is 0 Å². The zero-order valence-electron chi connectivity index (χ0n) is 19.1. The highest BCUT2D eigenvalue weighted by molar-refractivity contribution is 7.19. The van der Waals surface area contributed by atoms with Crippen molar-refractivity contribution in [3.05, 3.63) is 65.0 Å². The van der Waals surface area contributed by atoms with Crippen molar-refractivity contribution in [3.8, 4) is 0 Å². The van der Waals surface area contributed by atoms with Crippen LogP contribution in [0.15, 0.2) is 54.6 Å². The highest BCUT2D eigenvalue weighted by atomic mass is 32.1. The quantitative estimate of drug-likeness (QED) is 0.624. The number of rotatable bonds is 4.